The van der Waals surface area contributed by atoms with Crippen molar-refractivity contribution in [2.75, 3.05) is 0 Å². The number of nitrogens with one attached hydrogen (secondary N) is 1. The summed E-state index contributed by atoms with van der Waals surface area (Å²) in [7, 11) is -2.21. The lowest BCUT2D eigenvalue weighted by atomic mass is 9.84. The molecule has 9 heteroatoms. The molecule has 198 valence electrons. The first-order chi connectivity index (χ1) is 16.8. The molecule has 0 radical (unpaired) electrons. The smallest absolute Gasteiger partial charge is 0.330 e. The Morgan fingerprint density at radius 2 is 1.83 bits per heavy atom. The molecule has 8 nitrogen and oxygen atoms in total. The summed E-state index contributed by atoms with van der Waals surface area (Å²) in [5.74, 6) is 0. The fourth-order valence-electron chi connectivity index (χ4n) is 5.11. The van der Waals surface area contributed by atoms with Crippen molar-refractivity contribution in [3.05, 3.63) is 68.5 Å². The molecule has 0 spiro atoms. The van der Waals surface area contributed by atoms with Crippen molar-refractivity contribution in [2.45, 2.75) is 108 Å². The second-order valence-electron chi connectivity index (χ2n) is 11.8. The van der Waals surface area contributed by atoms with Gasteiger partial charge in [0.05, 0.1) is 12.2 Å². The van der Waals surface area contributed by atoms with Crippen LogP contribution in [0.1, 0.15) is 64.3 Å². The van der Waals surface area contributed by atoms with Crippen LogP contribution in [0.25, 0.3) is 0 Å². The lowest BCUT2D eigenvalue weighted by Crippen LogP contribution is -2.60. The van der Waals surface area contributed by atoms with Gasteiger partial charge >= 0.3 is 5.69 Å². The van der Waals surface area contributed by atoms with Gasteiger partial charge in [0.1, 0.15) is 17.8 Å². The first kappa shape index (κ1) is 27.0. The van der Waals surface area contributed by atoms with Gasteiger partial charge in [-0.1, -0.05) is 58.0 Å². The molecule has 36 heavy (non-hydrogen) atoms. The van der Waals surface area contributed by atoms with Gasteiger partial charge in [0.2, 0.25) is 0 Å². The van der Waals surface area contributed by atoms with Crippen LogP contribution in [-0.2, 0) is 20.5 Å². The maximum absolute atomic E-state index is 12.8. The number of aromatic amines is 1. The number of aryl methyl sites for hydroxylation is 1. The summed E-state index contributed by atoms with van der Waals surface area (Å²) in [5, 5.41) is 11.6. The van der Waals surface area contributed by atoms with Crippen LogP contribution >= 0.6 is 0 Å². The Morgan fingerprint density at radius 3 is 2.39 bits per heavy atom. The minimum Gasteiger partial charge on any atom is -0.408 e. The van der Waals surface area contributed by atoms with Crippen LogP contribution in [0, 0.1) is 6.92 Å². The standard InChI is InChI=1S/C27H40N2O6Si/c1-8-27(26(14-15-26)35-36(6,7)25(3,4)5)21(33-17-19-12-10-9-11-13-19)20(30)23(34-27)29-16-18(2)22(31)28-24(29)32/h9-13,16,20-21,23,30H,8,14-15,17H2,1-7H3,(H,28,31,32)/t20-,21?,23+,27-/m0/s1. The zero-order valence-electron chi connectivity index (χ0n) is 22.5. The summed E-state index contributed by atoms with van der Waals surface area (Å²) in [6.45, 7) is 15.0. The van der Waals surface area contributed by atoms with Crippen molar-refractivity contribution in [2.24, 2.45) is 0 Å². The molecule has 1 aromatic heterocycles. The van der Waals surface area contributed by atoms with Crippen LogP contribution in [0.5, 0.6) is 0 Å². The monoisotopic (exact) mass is 516 g/mol. The average Bonchev–Trinajstić information content (AvgIpc) is 3.52. The highest BCUT2D eigenvalue weighted by Crippen LogP contribution is 2.61. The lowest BCUT2D eigenvalue weighted by molar-refractivity contribution is -0.185. The molecule has 0 bridgehead atoms. The van der Waals surface area contributed by atoms with Gasteiger partial charge in [0.15, 0.2) is 14.5 Å². The van der Waals surface area contributed by atoms with E-state index in [2.05, 4.69) is 38.8 Å². The van der Waals surface area contributed by atoms with Crippen LogP contribution in [0.4, 0.5) is 0 Å². The predicted molar refractivity (Wildman–Crippen MR) is 140 cm³/mol. The van der Waals surface area contributed by atoms with Gasteiger partial charge in [0.25, 0.3) is 5.56 Å². The Kier molecular flexibility index (Phi) is 7.02. The highest BCUT2D eigenvalue weighted by molar-refractivity contribution is 6.74. The number of hydrogen-bond donors (Lipinski definition) is 2. The van der Waals surface area contributed by atoms with E-state index in [1.807, 2.05) is 37.3 Å². The van der Waals surface area contributed by atoms with Gasteiger partial charge in [-0.2, -0.15) is 0 Å². The molecule has 0 amide bonds. The Bertz CT molecular complexity index is 1200. The van der Waals surface area contributed by atoms with Gasteiger partial charge in [0, 0.05) is 11.8 Å². The van der Waals surface area contributed by atoms with E-state index in [9.17, 15) is 14.7 Å². The highest BCUT2D eigenvalue weighted by Gasteiger charge is 2.72. The van der Waals surface area contributed by atoms with E-state index in [0.717, 1.165) is 18.4 Å². The molecule has 2 fully saturated rings. The number of aliphatic hydroxyl groups excluding tert-OH is 1. The van der Waals surface area contributed by atoms with E-state index >= 15 is 0 Å². The summed E-state index contributed by atoms with van der Waals surface area (Å²) in [5.41, 5.74) is -1.33. The number of ether oxygens (including phenoxy) is 2. The van der Waals surface area contributed by atoms with Gasteiger partial charge in [-0.3, -0.25) is 14.3 Å². The zero-order chi connectivity index (χ0) is 26.5. The Morgan fingerprint density at radius 1 is 1.19 bits per heavy atom. The number of aromatic nitrogens is 2. The predicted octanol–water partition coefficient (Wildman–Crippen LogP) is 4.02. The maximum atomic E-state index is 12.8. The molecular formula is C27H40N2O6Si. The number of aliphatic hydroxyl groups is 1. The summed E-state index contributed by atoms with van der Waals surface area (Å²) in [6, 6.07) is 9.79. The van der Waals surface area contributed by atoms with Crippen LogP contribution in [0.15, 0.2) is 46.1 Å². The van der Waals surface area contributed by atoms with Crippen LogP contribution in [0.3, 0.4) is 0 Å². The third-order valence-corrected chi connectivity index (χ3v) is 12.9. The van der Waals surface area contributed by atoms with Crippen LogP contribution in [0.2, 0.25) is 18.1 Å². The largest absolute Gasteiger partial charge is 0.408 e. The van der Waals surface area contributed by atoms with E-state index in [1.54, 1.807) is 6.92 Å². The van der Waals surface area contributed by atoms with Gasteiger partial charge < -0.3 is 19.0 Å². The van der Waals surface area contributed by atoms with Crippen molar-refractivity contribution in [3.8, 4) is 0 Å². The van der Waals surface area contributed by atoms with Crippen molar-refractivity contribution in [3.63, 3.8) is 0 Å². The van der Waals surface area contributed by atoms with Gasteiger partial charge in [-0.05, 0) is 49.9 Å². The minimum absolute atomic E-state index is 0.0124. The zero-order valence-corrected chi connectivity index (χ0v) is 23.5. The number of H-pyrrole nitrogens is 1. The molecule has 1 aliphatic heterocycles. The third kappa shape index (κ3) is 4.56. The molecule has 2 aliphatic rings. The second kappa shape index (κ2) is 9.36. The summed E-state index contributed by atoms with van der Waals surface area (Å²) in [6.07, 6.45) is 0.662. The Balaban J connectivity index is 1.77. The van der Waals surface area contributed by atoms with Gasteiger partial charge in [-0.15, -0.1) is 0 Å². The van der Waals surface area contributed by atoms with E-state index in [1.165, 1.54) is 10.8 Å². The lowest BCUT2D eigenvalue weighted by Gasteiger charge is -2.47. The molecule has 2 aromatic rings. The molecular weight excluding hydrogens is 476 g/mol. The molecule has 4 atom stereocenters. The normalized spacial score (nSPS) is 27.8. The van der Waals surface area contributed by atoms with E-state index in [4.69, 9.17) is 13.9 Å². The first-order valence-electron chi connectivity index (χ1n) is 12.8. The topological polar surface area (TPSA) is 103 Å². The Hall–Kier alpha value is -2.04. The molecule has 1 saturated carbocycles. The fourth-order valence-corrected chi connectivity index (χ4v) is 6.77. The molecule has 2 heterocycles. The molecule has 1 aliphatic carbocycles. The highest BCUT2D eigenvalue weighted by atomic mass is 28.4. The molecule has 1 saturated heterocycles. The van der Waals surface area contributed by atoms with Crippen molar-refractivity contribution >= 4 is 8.32 Å². The first-order valence-corrected chi connectivity index (χ1v) is 15.7. The number of rotatable bonds is 8. The van der Waals surface area contributed by atoms with Crippen molar-refractivity contribution in [1.82, 2.24) is 9.55 Å². The third-order valence-electron chi connectivity index (χ3n) is 8.34. The molecule has 1 aromatic carbocycles. The van der Waals surface area contributed by atoms with Crippen LogP contribution < -0.4 is 11.2 Å². The van der Waals surface area contributed by atoms with Crippen LogP contribution in [-0.4, -0.2) is 46.4 Å². The molecule has 4 rings (SSSR count). The number of hydrogen-bond acceptors (Lipinski definition) is 6. The van der Waals surface area contributed by atoms with E-state index in [-0.39, 0.29) is 11.6 Å². The molecule has 2 N–H and O–H groups in total. The number of nitrogens with zero attached hydrogens (tertiary/aromatic N) is 1. The van der Waals surface area contributed by atoms with E-state index < -0.39 is 49.2 Å². The summed E-state index contributed by atoms with van der Waals surface area (Å²) < 4.78 is 21.5. The second-order valence-corrected chi connectivity index (χ2v) is 16.5. The maximum Gasteiger partial charge on any atom is 0.330 e. The van der Waals surface area contributed by atoms with Gasteiger partial charge in [-0.25, -0.2) is 4.79 Å². The quantitative estimate of drug-likeness (QED) is 0.514. The SMILES string of the molecule is CC[C@]1(C2(O[Si](C)(C)C(C)(C)C)CC2)O[C@@H](n2cc(C)c(=O)[nH]c2=O)[C@@H](O)C1OCc1ccccc1. The Labute approximate surface area is 213 Å². The number of benzene rings is 1. The summed E-state index contributed by atoms with van der Waals surface area (Å²) >= 11 is 0. The molecule has 1 unspecified atom stereocenters. The van der Waals surface area contributed by atoms with Crippen molar-refractivity contribution < 1.29 is 19.0 Å². The van der Waals surface area contributed by atoms with Crippen molar-refractivity contribution in [1.29, 1.82) is 0 Å². The average molecular weight is 517 g/mol. The fraction of sp³-hybridized carbons (Fsp3) is 0.630. The summed E-state index contributed by atoms with van der Waals surface area (Å²) in [4.78, 5) is 27.1. The van der Waals surface area contributed by atoms with E-state index in [0.29, 0.717) is 12.0 Å². The minimum atomic E-state index is -2.21.